The molecule has 0 aliphatic heterocycles. The molecule has 0 aromatic heterocycles. The van der Waals surface area contributed by atoms with Gasteiger partial charge in [0.1, 0.15) is 0 Å². The van der Waals surface area contributed by atoms with Crippen molar-refractivity contribution >= 4 is 0 Å². The van der Waals surface area contributed by atoms with E-state index in [9.17, 15) is 30.7 Å². The zero-order valence-corrected chi connectivity index (χ0v) is 12.2. The summed E-state index contributed by atoms with van der Waals surface area (Å²) < 4.78 is 98.7. The van der Waals surface area contributed by atoms with Crippen molar-refractivity contribution in [3.63, 3.8) is 0 Å². The number of rotatable bonds is 6. The van der Waals surface area contributed by atoms with Gasteiger partial charge in [0.2, 0.25) is 11.6 Å². The lowest BCUT2D eigenvalue weighted by Crippen LogP contribution is -2.26. The van der Waals surface area contributed by atoms with E-state index in [4.69, 9.17) is 4.74 Å². The van der Waals surface area contributed by atoms with Gasteiger partial charge >= 0.3 is 12.2 Å². The minimum atomic E-state index is -5.13. The molecule has 1 aliphatic rings. The normalized spacial score (nSPS) is 15.5. The molecule has 2 rings (SSSR count). The first kappa shape index (κ1) is 18.4. The molecule has 0 saturated heterocycles. The van der Waals surface area contributed by atoms with E-state index >= 15 is 0 Å². The van der Waals surface area contributed by atoms with Crippen LogP contribution in [0.4, 0.5) is 30.7 Å². The average molecular weight is 358 g/mol. The summed E-state index contributed by atoms with van der Waals surface area (Å²) in [5, 5.41) is 0. The van der Waals surface area contributed by atoms with Crippen LogP contribution in [0.15, 0.2) is 24.0 Å². The molecule has 0 unspecified atom stereocenters. The van der Waals surface area contributed by atoms with E-state index in [1.165, 1.54) is 0 Å². The third kappa shape index (κ3) is 4.12. The van der Waals surface area contributed by atoms with Crippen molar-refractivity contribution in [3.05, 3.63) is 35.7 Å². The van der Waals surface area contributed by atoms with Crippen molar-refractivity contribution in [2.45, 2.75) is 31.8 Å². The molecular weight excluding hydrogens is 345 g/mol. The molecule has 1 aromatic carbocycles. The predicted octanol–water partition coefficient (Wildman–Crippen LogP) is 5.58. The molecule has 0 heterocycles. The standard InChI is InChI=1S/C15H13F7O2/c16-11-9(23-7-8-3-1-2-4-8)5-6-10(12(11)17)24-15(21,22)13(18)14(19)20/h5-6,8H,1-4,7H2. The van der Waals surface area contributed by atoms with Crippen LogP contribution in [-0.2, 0) is 0 Å². The monoisotopic (exact) mass is 358 g/mol. The Bertz CT molecular complexity index is 620. The summed E-state index contributed by atoms with van der Waals surface area (Å²) >= 11 is 0. The lowest BCUT2D eigenvalue weighted by Gasteiger charge is -2.17. The lowest BCUT2D eigenvalue weighted by atomic mass is 10.1. The molecule has 9 heteroatoms. The van der Waals surface area contributed by atoms with Crippen LogP contribution in [0.25, 0.3) is 0 Å². The molecule has 1 aliphatic carbocycles. The Morgan fingerprint density at radius 2 is 1.54 bits per heavy atom. The van der Waals surface area contributed by atoms with Gasteiger partial charge in [0.05, 0.1) is 6.61 Å². The van der Waals surface area contributed by atoms with Crippen molar-refractivity contribution in [3.8, 4) is 11.5 Å². The third-order valence-electron chi connectivity index (χ3n) is 3.62. The molecule has 0 radical (unpaired) electrons. The van der Waals surface area contributed by atoms with Crippen LogP contribution < -0.4 is 9.47 Å². The smallest absolute Gasteiger partial charge is 0.459 e. The number of hydrogen-bond donors (Lipinski definition) is 0. The molecule has 0 bridgehead atoms. The maximum atomic E-state index is 13.8. The van der Waals surface area contributed by atoms with Gasteiger partial charge in [-0.25, -0.2) is 0 Å². The largest absolute Gasteiger partial charge is 0.490 e. The van der Waals surface area contributed by atoms with Gasteiger partial charge < -0.3 is 9.47 Å². The van der Waals surface area contributed by atoms with Crippen LogP contribution in [-0.4, -0.2) is 12.7 Å². The molecule has 0 spiro atoms. The maximum Gasteiger partial charge on any atom is 0.459 e. The van der Waals surface area contributed by atoms with E-state index in [1.807, 2.05) is 0 Å². The minimum Gasteiger partial charge on any atom is -0.490 e. The van der Waals surface area contributed by atoms with E-state index in [2.05, 4.69) is 4.74 Å². The highest BCUT2D eigenvalue weighted by molar-refractivity contribution is 5.35. The molecule has 134 valence electrons. The number of alkyl halides is 2. The summed E-state index contributed by atoms with van der Waals surface area (Å²) in [4.78, 5) is 0. The second-order valence-electron chi connectivity index (χ2n) is 5.34. The fraction of sp³-hybridized carbons (Fsp3) is 0.467. The Hall–Kier alpha value is -1.93. The van der Waals surface area contributed by atoms with E-state index in [0.717, 1.165) is 31.7 Å². The van der Waals surface area contributed by atoms with E-state index < -0.39 is 41.1 Å². The van der Waals surface area contributed by atoms with Crippen molar-refractivity contribution in [2.24, 2.45) is 5.92 Å². The molecule has 1 aromatic rings. The second kappa shape index (κ2) is 7.31. The average Bonchev–Trinajstić information content (AvgIpc) is 3.03. The summed E-state index contributed by atoms with van der Waals surface area (Å²) in [6, 6.07) is 1.37. The van der Waals surface area contributed by atoms with Crippen LogP contribution >= 0.6 is 0 Å². The van der Waals surface area contributed by atoms with Crippen molar-refractivity contribution in [2.75, 3.05) is 6.61 Å². The molecule has 24 heavy (non-hydrogen) atoms. The van der Waals surface area contributed by atoms with Gasteiger partial charge in [-0.2, -0.15) is 30.7 Å². The molecule has 0 N–H and O–H groups in total. The Labute approximate surface area is 132 Å². The summed E-state index contributed by atoms with van der Waals surface area (Å²) in [6.07, 6.45) is -4.65. The zero-order valence-electron chi connectivity index (χ0n) is 12.2. The lowest BCUT2D eigenvalue weighted by molar-refractivity contribution is -0.161. The van der Waals surface area contributed by atoms with Gasteiger partial charge in [-0.1, -0.05) is 12.8 Å². The van der Waals surface area contributed by atoms with Crippen LogP contribution in [0.1, 0.15) is 25.7 Å². The topological polar surface area (TPSA) is 18.5 Å². The van der Waals surface area contributed by atoms with Gasteiger partial charge in [-0.05, 0) is 30.9 Å². The number of halogens is 7. The Balaban J connectivity index is 2.13. The highest BCUT2D eigenvalue weighted by Gasteiger charge is 2.43. The van der Waals surface area contributed by atoms with Crippen LogP contribution in [0.5, 0.6) is 11.5 Å². The molecule has 2 nitrogen and oxygen atoms in total. The first-order valence-electron chi connectivity index (χ1n) is 7.11. The minimum absolute atomic E-state index is 0.136. The number of hydrogen-bond acceptors (Lipinski definition) is 2. The van der Waals surface area contributed by atoms with Crippen molar-refractivity contribution in [1.29, 1.82) is 0 Å². The highest BCUT2D eigenvalue weighted by atomic mass is 19.3. The van der Waals surface area contributed by atoms with E-state index in [0.29, 0.717) is 6.07 Å². The molecule has 1 saturated carbocycles. The molecule has 0 amide bonds. The Morgan fingerprint density at radius 3 is 2.12 bits per heavy atom. The SMILES string of the molecule is FC(F)=C(F)C(F)(F)Oc1ccc(OCC2CCCC2)c(F)c1F. The summed E-state index contributed by atoms with van der Waals surface area (Å²) in [5.74, 6) is -8.43. The van der Waals surface area contributed by atoms with E-state index in [1.54, 1.807) is 0 Å². The third-order valence-corrected chi connectivity index (χ3v) is 3.62. The number of ether oxygens (including phenoxy) is 2. The fourth-order valence-corrected chi connectivity index (χ4v) is 2.38. The molecule has 1 fully saturated rings. The molecular formula is C15H13F7O2. The van der Waals surface area contributed by atoms with E-state index in [-0.39, 0.29) is 12.5 Å². The maximum absolute atomic E-state index is 13.8. The Kier molecular flexibility index (Phi) is 5.61. The van der Waals surface area contributed by atoms with Crippen molar-refractivity contribution in [1.82, 2.24) is 0 Å². The first-order chi connectivity index (χ1) is 11.2. The first-order valence-corrected chi connectivity index (χ1v) is 7.11. The van der Waals surface area contributed by atoms with Gasteiger partial charge in [0.25, 0.3) is 5.83 Å². The highest BCUT2D eigenvalue weighted by Crippen LogP contribution is 2.36. The Morgan fingerprint density at radius 1 is 1.00 bits per heavy atom. The number of benzene rings is 1. The fourth-order valence-electron chi connectivity index (χ4n) is 2.38. The van der Waals surface area contributed by atoms with Crippen LogP contribution in [0.3, 0.4) is 0 Å². The van der Waals surface area contributed by atoms with Gasteiger partial charge in [-0.15, -0.1) is 0 Å². The second-order valence-corrected chi connectivity index (χ2v) is 5.34. The summed E-state index contributed by atoms with van der Waals surface area (Å²) in [7, 11) is 0. The van der Waals surface area contributed by atoms with Gasteiger partial charge in [0, 0.05) is 0 Å². The summed E-state index contributed by atoms with van der Waals surface area (Å²) in [6.45, 7) is 0.136. The quantitative estimate of drug-likeness (QED) is 0.618. The van der Waals surface area contributed by atoms with Crippen LogP contribution in [0.2, 0.25) is 0 Å². The van der Waals surface area contributed by atoms with Gasteiger partial charge in [0.15, 0.2) is 11.5 Å². The van der Waals surface area contributed by atoms with Gasteiger partial charge in [-0.3, -0.25) is 0 Å². The van der Waals surface area contributed by atoms with Crippen LogP contribution in [0, 0.1) is 17.6 Å². The predicted molar refractivity (Wildman–Crippen MR) is 69.7 cm³/mol. The summed E-state index contributed by atoms with van der Waals surface area (Å²) in [5.41, 5.74) is 0. The molecule has 0 atom stereocenters. The zero-order chi connectivity index (χ0) is 17.9. The van der Waals surface area contributed by atoms with Crippen molar-refractivity contribution < 1.29 is 40.2 Å².